The van der Waals surface area contributed by atoms with Crippen LogP contribution in [-0.2, 0) is 0 Å². The standard InChI is InChI=1S/C8H17NOS/c1-4-5-9-6-8(2,10)7-11-3/h4,9-10H,1,5-7H2,2-3H3. The van der Waals surface area contributed by atoms with Gasteiger partial charge in [0.05, 0.1) is 5.60 Å². The van der Waals surface area contributed by atoms with Gasteiger partial charge >= 0.3 is 0 Å². The van der Waals surface area contributed by atoms with Crippen LogP contribution in [-0.4, -0.2) is 35.8 Å². The highest BCUT2D eigenvalue weighted by molar-refractivity contribution is 7.98. The Labute approximate surface area is 73.1 Å². The molecule has 0 saturated carbocycles. The van der Waals surface area contributed by atoms with Crippen molar-refractivity contribution in [3.63, 3.8) is 0 Å². The Kier molecular flexibility index (Phi) is 5.64. The van der Waals surface area contributed by atoms with E-state index in [1.54, 1.807) is 17.8 Å². The van der Waals surface area contributed by atoms with Gasteiger partial charge in [-0.05, 0) is 13.2 Å². The predicted molar refractivity (Wildman–Crippen MR) is 52.1 cm³/mol. The number of hydrogen-bond donors (Lipinski definition) is 2. The van der Waals surface area contributed by atoms with E-state index in [1.807, 2.05) is 13.2 Å². The first-order valence-corrected chi connectivity index (χ1v) is 5.05. The van der Waals surface area contributed by atoms with Crippen molar-refractivity contribution in [2.45, 2.75) is 12.5 Å². The van der Waals surface area contributed by atoms with Gasteiger partial charge < -0.3 is 10.4 Å². The van der Waals surface area contributed by atoms with E-state index >= 15 is 0 Å². The highest BCUT2D eigenvalue weighted by Gasteiger charge is 2.17. The second kappa shape index (κ2) is 5.63. The van der Waals surface area contributed by atoms with E-state index in [0.29, 0.717) is 6.54 Å². The minimum absolute atomic E-state index is 0.595. The Bertz CT molecular complexity index is 115. The largest absolute Gasteiger partial charge is 0.388 e. The fraction of sp³-hybridized carbons (Fsp3) is 0.750. The molecule has 0 heterocycles. The second-order valence-corrected chi connectivity index (χ2v) is 3.72. The molecule has 0 bridgehead atoms. The third-order valence-electron chi connectivity index (χ3n) is 1.25. The van der Waals surface area contributed by atoms with E-state index in [4.69, 9.17) is 0 Å². The molecule has 3 heteroatoms. The summed E-state index contributed by atoms with van der Waals surface area (Å²) in [4.78, 5) is 0. The van der Waals surface area contributed by atoms with E-state index in [2.05, 4.69) is 11.9 Å². The summed E-state index contributed by atoms with van der Waals surface area (Å²) in [5, 5.41) is 12.7. The molecule has 0 aromatic rings. The molecule has 2 N–H and O–H groups in total. The Balaban J connectivity index is 3.45. The molecule has 0 amide bonds. The van der Waals surface area contributed by atoms with Crippen molar-refractivity contribution in [1.29, 1.82) is 0 Å². The van der Waals surface area contributed by atoms with Gasteiger partial charge in [-0.3, -0.25) is 0 Å². The number of thioether (sulfide) groups is 1. The smallest absolute Gasteiger partial charge is 0.0833 e. The number of aliphatic hydroxyl groups is 1. The van der Waals surface area contributed by atoms with Crippen LogP contribution in [0.15, 0.2) is 12.7 Å². The van der Waals surface area contributed by atoms with Crippen molar-refractivity contribution in [3.05, 3.63) is 12.7 Å². The van der Waals surface area contributed by atoms with E-state index in [0.717, 1.165) is 12.3 Å². The third kappa shape index (κ3) is 6.41. The molecule has 2 nitrogen and oxygen atoms in total. The lowest BCUT2D eigenvalue weighted by Crippen LogP contribution is -2.39. The summed E-state index contributed by atoms with van der Waals surface area (Å²) in [6.45, 7) is 6.79. The summed E-state index contributed by atoms with van der Waals surface area (Å²) in [6.07, 6.45) is 3.77. The Morgan fingerprint density at radius 2 is 2.36 bits per heavy atom. The highest BCUT2D eigenvalue weighted by atomic mass is 32.2. The molecule has 0 aliphatic heterocycles. The van der Waals surface area contributed by atoms with Crippen molar-refractivity contribution >= 4 is 11.8 Å². The molecule has 1 unspecified atom stereocenters. The van der Waals surface area contributed by atoms with Gasteiger partial charge in [0.25, 0.3) is 0 Å². The lowest BCUT2D eigenvalue weighted by atomic mass is 10.1. The van der Waals surface area contributed by atoms with Gasteiger partial charge in [0.15, 0.2) is 0 Å². The van der Waals surface area contributed by atoms with E-state index in [-0.39, 0.29) is 0 Å². The molecular formula is C8H17NOS. The molecule has 0 aromatic carbocycles. The minimum Gasteiger partial charge on any atom is -0.388 e. The van der Waals surface area contributed by atoms with Crippen molar-refractivity contribution in [1.82, 2.24) is 5.32 Å². The maximum Gasteiger partial charge on any atom is 0.0833 e. The van der Waals surface area contributed by atoms with E-state index in [9.17, 15) is 5.11 Å². The maximum absolute atomic E-state index is 9.62. The van der Waals surface area contributed by atoms with Crippen molar-refractivity contribution < 1.29 is 5.11 Å². The summed E-state index contributed by atoms with van der Waals surface area (Å²) in [5.74, 6) is 0.761. The minimum atomic E-state index is -0.595. The average Bonchev–Trinajstić information content (AvgIpc) is 1.87. The Morgan fingerprint density at radius 1 is 1.73 bits per heavy atom. The Morgan fingerprint density at radius 3 is 2.82 bits per heavy atom. The number of hydrogen-bond acceptors (Lipinski definition) is 3. The van der Waals surface area contributed by atoms with Crippen LogP contribution in [0.2, 0.25) is 0 Å². The molecule has 11 heavy (non-hydrogen) atoms. The molecule has 0 fully saturated rings. The third-order valence-corrected chi connectivity index (χ3v) is 2.16. The van der Waals surface area contributed by atoms with Crippen LogP contribution in [0.4, 0.5) is 0 Å². The van der Waals surface area contributed by atoms with Crippen LogP contribution in [0.25, 0.3) is 0 Å². The first-order valence-electron chi connectivity index (χ1n) is 3.65. The zero-order chi connectivity index (χ0) is 8.74. The molecule has 0 radical (unpaired) electrons. The first-order chi connectivity index (χ1) is 5.12. The quantitative estimate of drug-likeness (QED) is 0.464. The molecule has 0 aliphatic carbocycles. The summed E-state index contributed by atoms with van der Waals surface area (Å²) >= 11 is 1.65. The topological polar surface area (TPSA) is 32.3 Å². The summed E-state index contributed by atoms with van der Waals surface area (Å²) < 4.78 is 0. The normalized spacial score (nSPS) is 15.9. The van der Waals surface area contributed by atoms with Gasteiger partial charge in [0.1, 0.15) is 0 Å². The van der Waals surface area contributed by atoms with Crippen LogP contribution in [0.5, 0.6) is 0 Å². The van der Waals surface area contributed by atoms with Crippen LogP contribution in [0.1, 0.15) is 6.92 Å². The predicted octanol–water partition coefficient (Wildman–Crippen LogP) is 0.876. The average molecular weight is 175 g/mol. The van der Waals surface area contributed by atoms with Gasteiger partial charge in [-0.1, -0.05) is 6.08 Å². The van der Waals surface area contributed by atoms with Gasteiger partial charge in [0, 0.05) is 18.8 Å². The molecule has 0 spiro atoms. The van der Waals surface area contributed by atoms with Crippen LogP contribution < -0.4 is 5.32 Å². The molecule has 1 atom stereocenters. The zero-order valence-electron chi connectivity index (χ0n) is 7.26. The van der Waals surface area contributed by atoms with Gasteiger partial charge in [-0.15, -0.1) is 6.58 Å². The summed E-state index contributed by atoms with van der Waals surface area (Å²) in [5.41, 5.74) is -0.595. The van der Waals surface area contributed by atoms with Crippen molar-refractivity contribution in [2.75, 3.05) is 25.1 Å². The zero-order valence-corrected chi connectivity index (χ0v) is 8.08. The first kappa shape index (κ1) is 11.0. The number of nitrogens with one attached hydrogen (secondary N) is 1. The summed E-state index contributed by atoms with van der Waals surface area (Å²) in [6, 6.07) is 0. The van der Waals surface area contributed by atoms with Gasteiger partial charge in [0.2, 0.25) is 0 Å². The van der Waals surface area contributed by atoms with Crippen LogP contribution in [0.3, 0.4) is 0 Å². The van der Waals surface area contributed by atoms with Crippen molar-refractivity contribution in [2.24, 2.45) is 0 Å². The Hall–Kier alpha value is 0.0100. The molecule has 0 aliphatic rings. The fourth-order valence-electron chi connectivity index (χ4n) is 0.806. The van der Waals surface area contributed by atoms with E-state index < -0.39 is 5.60 Å². The van der Waals surface area contributed by atoms with E-state index in [1.165, 1.54) is 0 Å². The monoisotopic (exact) mass is 175 g/mol. The van der Waals surface area contributed by atoms with Crippen LogP contribution in [0, 0.1) is 0 Å². The lowest BCUT2D eigenvalue weighted by molar-refractivity contribution is 0.0861. The molecule has 0 aromatic heterocycles. The van der Waals surface area contributed by atoms with Gasteiger partial charge in [-0.2, -0.15) is 11.8 Å². The lowest BCUT2D eigenvalue weighted by Gasteiger charge is -2.21. The van der Waals surface area contributed by atoms with Crippen LogP contribution >= 0.6 is 11.8 Å². The number of rotatable bonds is 6. The van der Waals surface area contributed by atoms with Crippen molar-refractivity contribution in [3.8, 4) is 0 Å². The SMILES string of the molecule is C=CCNCC(C)(O)CSC. The molecule has 0 rings (SSSR count). The van der Waals surface area contributed by atoms with Gasteiger partial charge in [-0.25, -0.2) is 0 Å². The molecular weight excluding hydrogens is 158 g/mol. The maximum atomic E-state index is 9.62. The molecule has 66 valence electrons. The molecule has 0 saturated heterocycles. The highest BCUT2D eigenvalue weighted by Crippen LogP contribution is 2.08. The fourth-order valence-corrected chi connectivity index (χ4v) is 1.53. The summed E-state index contributed by atoms with van der Waals surface area (Å²) in [7, 11) is 0. The second-order valence-electron chi connectivity index (χ2n) is 2.85.